The van der Waals surface area contributed by atoms with E-state index < -0.39 is 0 Å². The van der Waals surface area contributed by atoms with Crippen molar-refractivity contribution in [3.63, 3.8) is 0 Å². The minimum absolute atomic E-state index is 0.0243. The highest BCUT2D eigenvalue weighted by atomic mass is 16.6. The Bertz CT molecular complexity index is 184. The molecule has 56 valence electrons. The predicted octanol–water partition coefficient (Wildman–Crippen LogP) is 1.14. The largest absolute Gasteiger partial charge is 0.361 e. The minimum atomic E-state index is -0.0243. The first-order valence-electron chi connectivity index (χ1n) is 3.79. The Labute approximate surface area is 60.6 Å². The van der Waals surface area contributed by atoms with Crippen LogP contribution in [0.2, 0.25) is 0 Å². The summed E-state index contributed by atoms with van der Waals surface area (Å²) in [4.78, 5) is 11.0. The van der Waals surface area contributed by atoms with Gasteiger partial charge in [0, 0.05) is 6.42 Å². The Morgan fingerprint density at radius 2 is 2.30 bits per heavy atom. The van der Waals surface area contributed by atoms with Crippen LogP contribution in [0.4, 0.5) is 0 Å². The van der Waals surface area contributed by atoms with Gasteiger partial charge in [0.15, 0.2) is 5.78 Å². The van der Waals surface area contributed by atoms with Crippen LogP contribution in [0, 0.1) is 5.41 Å². The number of ketones is 1. The number of fused-ring (bicyclic) bond motifs is 1. The van der Waals surface area contributed by atoms with Gasteiger partial charge < -0.3 is 4.74 Å². The fourth-order valence-corrected chi connectivity index (χ4v) is 1.68. The lowest BCUT2D eigenvalue weighted by Gasteiger charge is -2.24. The monoisotopic (exact) mass is 140 g/mol. The van der Waals surface area contributed by atoms with E-state index in [1.807, 2.05) is 0 Å². The Kier molecular flexibility index (Phi) is 1.03. The zero-order valence-corrected chi connectivity index (χ0v) is 6.39. The third-order valence-electron chi connectivity index (χ3n) is 2.59. The molecule has 2 nitrogen and oxygen atoms in total. The third kappa shape index (κ3) is 0.717. The van der Waals surface area contributed by atoms with Crippen molar-refractivity contribution in [3.05, 3.63) is 0 Å². The first-order chi connectivity index (χ1) is 4.61. The van der Waals surface area contributed by atoms with Crippen molar-refractivity contribution in [1.82, 2.24) is 0 Å². The molecule has 1 unspecified atom stereocenters. The minimum Gasteiger partial charge on any atom is -0.361 e. The SMILES string of the molecule is CC1(C)CCC(=O)C2O[C@H]21. The van der Waals surface area contributed by atoms with Crippen molar-refractivity contribution in [1.29, 1.82) is 0 Å². The van der Waals surface area contributed by atoms with E-state index in [1.54, 1.807) is 0 Å². The highest BCUT2D eigenvalue weighted by Crippen LogP contribution is 2.46. The molecule has 0 aromatic rings. The molecule has 1 saturated heterocycles. The number of hydrogen-bond acceptors (Lipinski definition) is 2. The second kappa shape index (κ2) is 1.62. The molecule has 0 spiro atoms. The highest BCUT2D eigenvalue weighted by Gasteiger charge is 2.56. The van der Waals surface area contributed by atoms with Crippen LogP contribution in [0.3, 0.4) is 0 Å². The maximum absolute atomic E-state index is 11.0. The van der Waals surface area contributed by atoms with E-state index in [9.17, 15) is 4.79 Å². The highest BCUT2D eigenvalue weighted by molar-refractivity contribution is 5.87. The molecule has 1 aliphatic carbocycles. The summed E-state index contributed by atoms with van der Waals surface area (Å²) < 4.78 is 5.26. The first kappa shape index (κ1) is 6.35. The van der Waals surface area contributed by atoms with Crippen molar-refractivity contribution in [2.75, 3.05) is 0 Å². The van der Waals surface area contributed by atoms with E-state index in [0.717, 1.165) is 6.42 Å². The molecule has 0 bridgehead atoms. The van der Waals surface area contributed by atoms with E-state index in [2.05, 4.69) is 13.8 Å². The molecule has 0 aromatic carbocycles. The number of carbonyl (C=O) groups is 1. The van der Waals surface area contributed by atoms with E-state index in [1.165, 1.54) is 0 Å². The van der Waals surface area contributed by atoms with Crippen LogP contribution in [-0.2, 0) is 9.53 Å². The van der Waals surface area contributed by atoms with Gasteiger partial charge in [-0.1, -0.05) is 13.8 Å². The third-order valence-corrected chi connectivity index (χ3v) is 2.59. The normalized spacial score (nSPS) is 42.8. The molecule has 0 aromatic heterocycles. The number of epoxide rings is 1. The van der Waals surface area contributed by atoms with Crippen LogP contribution in [0.25, 0.3) is 0 Å². The van der Waals surface area contributed by atoms with Gasteiger partial charge in [-0.25, -0.2) is 0 Å². The molecule has 2 fully saturated rings. The van der Waals surface area contributed by atoms with Gasteiger partial charge >= 0.3 is 0 Å². The van der Waals surface area contributed by atoms with Crippen LogP contribution in [0.1, 0.15) is 26.7 Å². The van der Waals surface area contributed by atoms with Gasteiger partial charge in [-0.05, 0) is 11.8 Å². The molecule has 0 amide bonds. The topological polar surface area (TPSA) is 29.6 Å². The second-order valence-electron chi connectivity index (χ2n) is 3.93. The lowest BCUT2D eigenvalue weighted by Crippen LogP contribution is -2.30. The second-order valence-corrected chi connectivity index (χ2v) is 3.93. The average molecular weight is 140 g/mol. The summed E-state index contributed by atoms with van der Waals surface area (Å²) in [6, 6.07) is 0. The van der Waals surface area contributed by atoms with Gasteiger partial charge in [-0.3, -0.25) is 4.79 Å². The number of carbonyl (C=O) groups excluding carboxylic acids is 1. The van der Waals surface area contributed by atoms with Gasteiger partial charge in [0.25, 0.3) is 0 Å². The standard InChI is InChI=1S/C8H12O2/c1-8(2)4-3-5(9)6-7(8)10-6/h6-7H,3-4H2,1-2H3/t6?,7-/m1/s1. The number of ether oxygens (including phenoxy) is 1. The summed E-state index contributed by atoms with van der Waals surface area (Å²) >= 11 is 0. The summed E-state index contributed by atoms with van der Waals surface area (Å²) in [6.45, 7) is 4.34. The summed E-state index contributed by atoms with van der Waals surface area (Å²) in [5, 5.41) is 0. The molecule has 1 aliphatic heterocycles. The smallest absolute Gasteiger partial charge is 0.164 e. The lowest BCUT2D eigenvalue weighted by atomic mass is 9.77. The molecule has 0 radical (unpaired) electrons. The zero-order chi connectivity index (χ0) is 7.35. The van der Waals surface area contributed by atoms with Crippen LogP contribution in [-0.4, -0.2) is 18.0 Å². The van der Waals surface area contributed by atoms with Gasteiger partial charge in [0.1, 0.15) is 6.10 Å². The predicted molar refractivity (Wildman–Crippen MR) is 36.7 cm³/mol. The van der Waals surface area contributed by atoms with Crippen molar-refractivity contribution in [2.24, 2.45) is 5.41 Å². The van der Waals surface area contributed by atoms with Crippen LogP contribution in [0.5, 0.6) is 0 Å². The quantitative estimate of drug-likeness (QED) is 0.472. The van der Waals surface area contributed by atoms with Crippen molar-refractivity contribution >= 4 is 5.78 Å². The molecule has 1 saturated carbocycles. The van der Waals surface area contributed by atoms with E-state index in [-0.39, 0.29) is 17.6 Å². The fourth-order valence-electron chi connectivity index (χ4n) is 1.68. The van der Waals surface area contributed by atoms with Crippen LogP contribution < -0.4 is 0 Å². The maximum Gasteiger partial charge on any atom is 0.164 e. The Balaban J connectivity index is 2.16. The first-order valence-corrected chi connectivity index (χ1v) is 3.79. The summed E-state index contributed by atoms with van der Waals surface area (Å²) in [5.41, 5.74) is 0.249. The van der Waals surface area contributed by atoms with Gasteiger partial charge in [0.2, 0.25) is 0 Å². The molecule has 2 heteroatoms. The van der Waals surface area contributed by atoms with Crippen LogP contribution in [0.15, 0.2) is 0 Å². The Morgan fingerprint density at radius 1 is 1.60 bits per heavy atom. The number of Topliss-reactive ketones (excluding diaryl/α,β-unsaturated/α-hetero) is 1. The van der Waals surface area contributed by atoms with Crippen molar-refractivity contribution in [3.8, 4) is 0 Å². The van der Waals surface area contributed by atoms with Crippen molar-refractivity contribution in [2.45, 2.75) is 38.9 Å². The maximum atomic E-state index is 11.0. The fraction of sp³-hybridized carbons (Fsp3) is 0.875. The average Bonchev–Trinajstić information content (AvgIpc) is 2.58. The van der Waals surface area contributed by atoms with Gasteiger partial charge in [-0.2, -0.15) is 0 Å². The molecular weight excluding hydrogens is 128 g/mol. The number of hydrogen-bond donors (Lipinski definition) is 0. The summed E-state index contributed by atoms with van der Waals surface area (Å²) in [7, 11) is 0. The summed E-state index contributed by atoms with van der Waals surface area (Å²) in [5.74, 6) is 0.310. The zero-order valence-electron chi connectivity index (χ0n) is 6.39. The van der Waals surface area contributed by atoms with Gasteiger partial charge in [-0.15, -0.1) is 0 Å². The molecule has 10 heavy (non-hydrogen) atoms. The van der Waals surface area contributed by atoms with Crippen LogP contribution >= 0.6 is 0 Å². The van der Waals surface area contributed by atoms with E-state index >= 15 is 0 Å². The van der Waals surface area contributed by atoms with E-state index in [0.29, 0.717) is 12.2 Å². The molecule has 2 atom stereocenters. The van der Waals surface area contributed by atoms with E-state index in [4.69, 9.17) is 4.74 Å². The van der Waals surface area contributed by atoms with Gasteiger partial charge in [0.05, 0.1) is 6.10 Å². The Hall–Kier alpha value is -0.370. The lowest BCUT2D eigenvalue weighted by molar-refractivity contribution is -0.121. The molecule has 1 heterocycles. The molecule has 2 aliphatic rings. The molecular formula is C8H12O2. The number of rotatable bonds is 0. The Morgan fingerprint density at radius 3 is 2.90 bits per heavy atom. The molecule has 2 rings (SSSR count). The summed E-state index contributed by atoms with van der Waals surface area (Å²) in [6.07, 6.45) is 1.93. The molecule has 0 N–H and O–H groups in total. The van der Waals surface area contributed by atoms with Crippen molar-refractivity contribution < 1.29 is 9.53 Å².